The molecule has 28 heavy (non-hydrogen) atoms. The van der Waals surface area contributed by atoms with E-state index in [1.165, 1.54) is 0 Å². The molecule has 1 saturated heterocycles. The van der Waals surface area contributed by atoms with Crippen LogP contribution in [0.1, 0.15) is 75.2 Å². The molecule has 1 aliphatic heterocycles. The maximum atomic E-state index is 13.0. The van der Waals surface area contributed by atoms with E-state index in [0.29, 0.717) is 0 Å². The van der Waals surface area contributed by atoms with Crippen LogP contribution >= 0.6 is 0 Å². The van der Waals surface area contributed by atoms with Gasteiger partial charge in [0.2, 0.25) is 5.60 Å². The van der Waals surface area contributed by atoms with Gasteiger partial charge in [-0.05, 0) is 62.3 Å². The predicted molar refractivity (Wildman–Crippen MR) is 99.1 cm³/mol. The van der Waals surface area contributed by atoms with Gasteiger partial charge in [-0.15, -0.1) is 0 Å². The summed E-state index contributed by atoms with van der Waals surface area (Å²) in [4.78, 5) is 50.3. The summed E-state index contributed by atoms with van der Waals surface area (Å²) in [5, 5.41) is 0. The van der Waals surface area contributed by atoms with Gasteiger partial charge in [-0.25, -0.2) is 4.79 Å². The van der Waals surface area contributed by atoms with Crippen molar-refractivity contribution < 1.29 is 38.1 Å². The fourth-order valence-electron chi connectivity index (χ4n) is 2.67. The minimum atomic E-state index is -2.13. The van der Waals surface area contributed by atoms with E-state index in [0.717, 1.165) is 0 Å². The second kappa shape index (κ2) is 7.72. The van der Waals surface area contributed by atoms with Crippen LogP contribution in [0.4, 0.5) is 0 Å². The third-order valence-corrected chi connectivity index (χ3v) is 3.49. The zero-order chi connectivity index (χ0) is 22.1. The summed E-state index contributed by atoms with van der Waals surface area (Å²) in [5.41, 5.74) is -4.73. The van der Waals surface area contributed by atoms with Crippen LogP contribution in [0.2, 0.25) is 0 Å². The highest BCUT2D eigenvalue weighted by Gasteiger charge is 2.62. The quantitative estimate of drug-likeness (QED) is 0.524. The van der Waals surface area contributed by atoms with Gasteiger partial charge in [-0.1, -0.05) is 0 Å². The molecule has 0 unspecified atom stereocenters. The molecule has 0 radical (unpaired) electrons. The smallest absolute Gasteiger partial charge is 0.352 e. The maximum absolute atomic E-state index is 13.0. The van der Waals surface area contributed by atoms with E-state index in [9.17, 15) is 19.2 Å². The summed E-state index contributed by atoms with van der Waals surface area (Å²) in [7, 11) is 0. The van der Waals surface area contributed by atoms with Crippen LogP contribution in [0.15, 0.2) is 0 Å². The Morgan fingerprint density at radius 2 is 1.36 bits per heavy atom. The number of carbonyl (C=O) groups excluding carboxylic acids is 4. The molecule has 1 fully saturated rings. The van der Waals surface area contributed by atoms with Gasteiger partial charge in [-0.2, -0.15) is 0 Å². The summed E-state index contributed by atoms with van der Waals surface area (Å²) in [6.45, 7) is 14.9. The van der Waals surface area contributed by atoms with Crippen molar-refractivity contribution in [3.05, 3.63) is 0 Å². The zero-order valence-corrected chi connectivity index (χ0v) is 18.3. The van der Waals surface area contributed by atoms with Gasteiger partial charge in [0, 0.05) is 0 Å². The molecule has 8 heteroatoms. The Labute approximate surface area is 166 Å². The lowest BCUT2D eigenvalue weighted by atomic mass is 9.84. The van der Waals surface area contributed by atoms with Crippen molar-refractivity contribution in [2.45, 2.75) is 97.6 Å². The average Bonchev–Trinajstić information content (AvgIpc) is 2.70. The summed E-state index contributed by atoms with van der Waals surface area (Å²) < 4.78 is 21.3. The number of ether oxygens (including phenoxy) is 4. The molecule has 0 saturated carbocycles. The standard InChI is InChI=1S/C20H32O8/c1-17(2,3)25-14(22)11-20(16(24)28-19(7,8)9)12(10-13(21)26-20)15(23)27-18(4,5)6/h12H,10-11H2,1-9H3/t12-,20+/m1/s1. The molecule has 0 aliphatic carbocycles. The Balaban J connectivity index is 3.33. The fourth-order valence-corrected chi connectivity index (χ4v) is 2.67. The largest absolute Gasteiger partial charge is 0.460 e. The fraction of sp³-hybridized carbons (Fsp3) is 0.800. The molecule has 0 amide bonds. The highest BCUT2D eigenvalue weighted by Crippen LogP contribution is 2.40. The first-order chi connectivity index (χ1) is 12.3. The SMILES string of the molecule is CC(C)(C)OC(=O)C[C@]1(C(=O)OC(C)(C)C)OC(=O)C[C@@H]1C(=O)OC(C)(C)C. The normalized spacial score (nSPS) is 23.0. The van der Waals surface area contributed by atoms with Crippen LogP contribution in [0.5, 0.6) is 0 Å². The van der Waals surface area contributed by atoms with E-state index >= 15 is 0 Å². The zero-order valence-electron chi connectivity index (χ0n) is 18.3. The second-order valence-electron chi connectivity index (χ2n) is 9.92. The van der Waals surface area contributed by atoms with Crippen LogP contribution in [0, 0.1) is 5.92 Å². The Morgan fingerprint density at radius 3 is 1.79 bits per heavy atom. The molecule has 0 N–H and O–H groups in total. The molecule has 160 valence electrons. The summed E-state index contributed by atoms with van der Waals surface area (Å²) in [6, 6.07) is 0. The van der Waals surface area contributed by atoms with Crippen LogP contribution in [0.3, 0.4) is 0 Å². The van der Waals surface area contributed by atoms with Gasteiger partial charge in [0.1, 0.15) is 22.7 Å². The average molecular weight is 400 g/mol. The summed E-state index contributed by atoms with van der Waals surface area (Å²) in [6.07, 6.45) is -1.04. The van der Waals surface area contributed by atoms with E-state index in [-0.39, 0.29) is 0 Å². The number of hydrogen-bond donors (Lipinski definition) is 0. The van der Waals surface area contributed by atoms with Gasteiger partial charge in [0.05, 0.1) is 12.8 Å². The van der Waals surface area contributed by atoms with Crippen LogP contribution in [-0.2, 0) is 38.1 Å². The second-order valence-corrected chi connectivity index (χ2v) is 9.92. The van der Waals surface area contributed by atoms with Gasteiger partial charge < -0.3 is 18.9 Å². The highest BCUT2D eigenvalue weighted by atomic mass is 16.6. The van der Waals surface area contributed by atoms with Gasteiger partial charge in [0.15, 0.2) is 0 Å². The Hall–Kier alpha value is -2.12. The summed E-state index contributed by atoms with van der Waals surface area (Å²) >= 11 is 0. The number of cyclic esters (lactones) is 1. The number of hydrogen-bond acceptors (Lipinski definition) is 8. The Morgan fingerprint density at radius 1 is 0.893 bits per heavy atom. The number of carbonyl (C=O) groups is 4. The lowest BCUT2D eigenvalue weighted by Crippen LogP contribution is -2.53. The minimum absolute atomic E-state index is 0.392. The Kier molecular flexibility index (Phi) is 6.59. The number of esters is 4. The van der Waals surface area contributed by atoms with E-state index in [1.807, 2.05) is 0 Å². The van der Waals surface area contributed by atoms with Crippen molar-refractivity contribution in [2.75, 3.05) is 0 Å². The highest BCUT2D eigenvalue weighted by molar-refractivity contribution is 5.98. The lowest BCUT2D eigenvalue weighted by molar-refractivity contribution is -0.197. The first kappa shape index (κ1) is 23.9. The van der Waals surface area contributed by atoms with Gasteiger partial charge >= 0.3 is 23.9 Å². The number of rotatable bonds is 4. The Bertz CT molecular complexity index is 645. The van der Waals surface area contributed by atoms with Gasteiger partial charge in [-0.3, -0.25) is 14.4 Å². The molecular formula is C20H32O8. The van der Waals surface area contributed by atoms with Crippen molar-refractivity contribution >= 4 is 23.9 Å². The van der Waals surface area contributed by atoms with Crippen LogP contribution in [0.25, 0.3) is 0 Å². The van der Waals surface area contributed by atoms with Crippen molar-refractivity contribution in [1.29, 1.82) is 0 Å². The molecular weight excluding hydrogens is 368 g/mol. The minimum Gasteiger partial charge on any atom is -0.460 e. The molecule has 1 heterocycles. The van der Waals surface area contributed by atoms with E-state index in [1.54, 1.807) is 62.3 Å². The topological polar surface area (TPSA) is 105 Å². The molecule has 8 nitrogen and oxygen atoms in total. The van der Waals surface area contributed by atoms with Crippen molar-refractivity contribution in [1.82, 2.24) is 0 Å². The molecule has 0 aromatic carbocycles. The molecule has 0 spiro atoms. The van der Waals surface area contributed by atoms with E-state index in [2.05, 4.69) is 0 Å². The first-order valence-electron chi connectivity index (χ1n) is 9.25. The van der Waals surface area contributed by atoms with Crippen LogP contribution < -0.4 is 0 Å². The third kappa shape index (κ3) is 6.80. The molecule has 1 aliphatic rings. The summed E-state index contributed by atoms with van der Waals surface area (Å²) in [5.74, 6) is -4.69. The van der Waals surface area contributed by atoms with Crippen molar-refractivity contribution in [3.8, 4) is 0 Å². The van der Waals surface area contributed by atoms with E-state index < -0.39 is 65.0 Å². The monoisotopic (exact) mass is 400 g/mol. The molecule has 0 aromatic heterocycles. The van der Waals surface area contributed by atoms with Crippen molar-refractivity contribution in [3.63, 3.8) is 0 Å². The first-order valence-corrected chi connectivity index (χ1v) is 9.25. The lowest BCUT2D eigenvalue weighted by Gasteiger charge is -2.34. The molecule has 0 aromatic rings. The van der Waals surface area contributed by atoms with Gasteiger partial charge in [0.25, 0.3) is 0 Å². The molecule has 1 rings (SSSR count). The predicted octanol–water partition coefficient (Wildman–Crippen LogP) is 2.70. The van der Waals surface area contributed by atoms with Crippen LogP contribution in [-0.4, -0.2) is 46.3 Å². The van der Waals surface area contributed by atoms with Crippen molar-refractivity contribution in [2.24, 2.45) is 5.92 Å². The van der Waals surface area contributed by atoms with E-state index in [4.69, 9.17) is 18.9 Å². The molecule has 0 bridgehead atoms. The maximum Gasteiger partial charge on any atom is 0.352 e. The third-order valence-electron chi connectivity index (χ3n) is 3.49. The molecule has 2 atom stereocenters.